The minimum Gasteiger partial charge on any atom is -0.395 e. The molecule has 1 aliphatic heterocycles. The number of morpholine rings is 1. The van der Waals surface area contributed by atoms with E-state index < -0.39 is 0 Å². The van der Waals surface area contributed by atoms with Gasteiger partial charge in [-0.3, -0.25) is 14.4 Å². The first-order chi connectivity index (χ1) is 14.2. The minimum atomic E-state index is -0.210. The molecule has 0 bridgehead atoms. The summed E-state index contributed by atoms with van der Waals surface area (Å²) in [5.41, 5.74) is 2.06. The second kappa shape index (κ2) is 9.00. The summed E-state index contributed by atoms with van der Waals surface area (Å²) >= 11 is 1.37. The summed E-state index contributed by atoms with van der Waals surface area (Å²) in [4.78, 5) is 20.9. The molecule has 1 saturated heterocycles. The number of nitrogens with one attached hydrogen (secondary N) is 1. The predicted molar refractivity (Wildman–Crippen MR) is 111 cm³/mol. The number of nitrogens with zero attached hydrogens (tertiary/aromatic N) is 4. The van der Waals surface area contributed by atoms with E-state index in [9.17, 15) is 4.79 Å². The van der Waals surface area contributed by atoms with Crippen molar-refractivity contribution in [3.63, 3.8) is 0 Å². The maximum atomic E-state index is 12.7. The molecule has 0 aromatic carbocycles. The van der Waals surface area contributed by atoms with Crippen LogP contribution in [0.1, 0.15) is 33.8 Å². The van der Waals surface area contributed by atoms with Crippen LogP contribution in [0.15, 0.2) is 30.7 Å². The lowest BCUT2D eigenvalue weighted by Crippen LogP contribution is -2.38. The summed E-state index contributed by atoms with van der Waals surface area (Å²) in [7, 11) is 0. The van der Waals surface area contributed by atoms with Crippen LogP contribution in [0.2, 0.25) is 0 Å². The molecule has 1 atom stereocenters. The number of aliphatic hydroxyl groups is 1. The Hall–Kier alpha value is -2.33. The van der Waals surface area contributed by atoms with Gasteiger partial charge < -0.3 is 15.2 Å². The smallest absolute Gasteiger partial charge is 0.261 e. The van der Waals surface area contributed by atoms with E-state index in [0.717, 1.165) is 35.4 Å². The van der Waals surface area contributed by atoms with Crippen LogP contribution in [0, 0.1) is 0 Å². The summed E-state index contributed by atoms with van der Waals surface area (Å²) in [5, 5.41) is 17.1. The molecule has 9 heteroatoms. The average Bonchev–Trinajstić information content (AvgIpc) is 3.36. The molecule has 0 unspecified atom stereocenters. The van der Waals surface area contributed by atoms with Crippen LogP contribution >= 0.6 is 11.3 Å². The van der Waals surface area contributed by atoms with E-state index in [1.807, 2.05) is 23.0 Å². The standard InChI is InChI=1S/C20H25N5O3S/c1-2-25-12-14(10-23-25)11-24-7-9-28-16(13-24)17-15-4-3-5-22-20(15)29-18(17)19(27)21-6-8-26/h3-5,10,12,16,26H,2,6-9,11,13H2,1H3,(H,21,27)/t16-/m1/s1. The van der Waals surface area contributed by atoms with E-state index in [-0.39, 0.29) is 25.2 Å². The molecular weight excluding hydrogens is 390 g/mol. The third kappa shape index (κ3) is 4.32. The SMILES string of the molecule is CCn1cc(CN2CCO[C@@H](c3c(C(=O)NCCO)sc4ncccc34)C2)cn1. The summed E-state index contributed by atoms with van der Waals surface area (Å²) in [6.45, 7) is 5.97. The molecule has 2 N–H and O–H groups in total. The first kappa shape index (κ1) is 20.0. The lowest BCUT2D eigenvalue weighted by Gasteiger charge is -2.33. The molecule has 0 saturated carbocycles. The van der Waals surface area contributed by atoms with Gasteiger partial charge in [-0.25, -0.2) is 4.98 Å². The highest BCUT2D eigenvalue weighted by molar-refractivity contribution is 7.20. The minimum absolute atomic E-state index is 0.0939. The lowest BCUT2D eigenvalue weighted by molar-refractivity contribution is -0.0323. The number of rotatable bonds is 7. The van der Waals surface area contributed by atoms with Gasteiger partial charge in [0.05, 0.1) is 25.5 Å². The van der Waals surface area contributed by atoms with Gasteiger partial charge in [0.25, 0.3) is 5.91 Å². The summed E-state index contributed by atoms with van der Waals surface area (Å²) in [6, 6.07) is 3.87. The summed E-state index contributed by atoms with van der Waals surface area (Å²) < 4.78 is 8.03. The number of carbonyl (C=O) groups excluding carboxylic acids is 1. The van der Waals surface area contributed by atoms with Gasteiger partial charge in [-0.1, -0.05) is 6.07 Å². The number of carbonyl (C=O) groups is 1. The van der Waals surface area contributed by atoms with E-state index in [1.54, 1.807) is 6.20 Å². The molecule has 3 aromatic rings. The fraction of sp³-hybridized carbons (Fsp3) is 0.450. The highest BCUT2D eigenvalue weighted by atomic mass is 32.1. The van der Waals surface area contributed by atoms with Gasteiger partial charge in [0.1, 0.15) is 9.71 Å². The van der Waals surface area contributed by atoms with Crippen molar-refractivity contribution < 1.29 is 14.6 Å². The second-order valence-electron chi connectivity index (χ2n) is 6.98. The quantitative estimate of drug-likeness (QED) is 0.611. The molecule has 154 valence electrons. The zero-order chi connectivity index (χ0) is 20.2. The van der Waals surface area contributed by atoms with Crippen molar-refractivity contribution >= 4 is 27.5 Å². The van der Waals surface area contributed by atoms with Gasteiger partial charge >= 0.3 is 0 Å². The van der Waals surface area contributed by atoms with Gasteiger partial charge in [-0.05, 0) is 13.0 Å². The van der Waals surface area contributed by atoms with Crippen molar-refractivity contribution in [3.8, 4) is 0 Å². The Morgan fingerprint density at radius 2 is 2.38 bits per heavy atom. The first-order valence-corrected chi connectivity index (χ1v) is 10.6. The van der Waals surface area contributed by atoms with E-state index in [0.29, 0.717) is 18.0 Å². The Labute approximate surface area is 173 Å². The molecule has 4 heterocycles. The Bertz CT molecular complexity index is 986. The highest BCUT2D eigenvalue weighted by Gasteiger charge is 2.30. The van der Waals surface area contributed by atoms with Gasteiger partial charge in [0, 0.05) is 61.6 Å². The molecule has 0 aliphatic carbocycles. The van der Waals surface area contributed by atoms with Gasteiger partial charge in [0.15, 0.2) is 0 Å². The number of ether oxygens (including phenoxy) is 1. The number of amides is 1. The highest BCUT2D eigenvalue weighted by Crippen LogP contribution is 2.37. The van der Waals surface area contributed by atoms with Crippen molar-refractivity contribution in [1.29, 1.82) is 0 Å². The van der Waals surface area contributed by atoms with E-state index >= 15 is 0 Å². The Kier molecular flexibility index (Phi) is 6.19. The van der Waals surface area contributed by atoms with E-state index in [2.05, 4.69) is 33.4 Å². The zero-order valence-electron chi connectivity index (χ0n) is 16.4. The Balaban J connectivity index is 1.59. The van der Waals surface area contributed by atoms with Gasteiger partial charge in [0.2, 0.25) is 0 Å². The van der Waals surface area contributed by atoms with Crippen molar-refractivity contribution in [2.45, 2.75) is 26.1 Å². The van der Waals surface area contributed by atoms with Crippen LogP contribution in [-0.4, -0.2) is 63.5 Å². The first-order valence-electron chi connectivity index (χ1n) is 9.81. The van der Waals surface area contributed by atoms with Crippen LogP contribution in [-0.2, 0) is 17.8 Å². The lowest BCUT2D eigenvalue weighted by atomic mass is 10.0. The Morgan fingerprint density at radius 1 is 1.48 bits per heavy atom. The van der Waals surface area contributed by atoms with E-state index in [4.69, 9.17) is 9.84 Å². The fourth-order valence-corrected chi connectivity index (χ4v) is 4.74. The predicted octanol–water partition coefficient (Wildman–Crippen LogP) is 1.81. The molecule has 0 radical (unpaired) electrons. The van der Waals surface area contributed by atoms with Crippen molar-refractivity contribution in [3.05, 3.63) is 46.7 Å². The largest absolute Gasteiger partial charge is 0.395 e. The van der Waals surface area contributed by atoms with E-state index in [1.165, 1.54) is 16.9 Å². The zero-order valence-corrected chi connectivity index (χ0v) is 17.2. The number of aliphatic hydroxyl groups excluding tert-OH is 1. The number of hydrogen-bond acceptors (Lipinski definition) is 7. The average molecular weight is 416 g/mol. The van der Waals surface area contributed by atoms with Gasteiger partial charge in [-0.2, -0.15) is 5.10 Å². The Morgan fingerprint density at radius 3 is 3.17 bits per heavy atom. The third-order valence-electron chi connectivity index (χ3n) is 5.00. The monoisotopic (exact) mass is 415 g/mol. The van der Waals surface area contributed by atoms with Crippen molar-refractivity contribution in [2.75, 3.05) is 32.8 Å². The third-order valence-corrected chi connectivity index (χ3v) is 6.13. The number of fused-ring (bicyclic) bond motifs is 1. The summed E-state index contributed by atoms with van der Waals surface area (Å²) in [6.07, 6.45) is 5.50. The fourth-order valence-electron chi connectivity index (χ4n) is 3.63. The molecule has 1 aliphatic rings. The molecule has 8 nitrogen and oxygen atoms in total. The number of pyridine rings is 1. The molecule has 0 spiro atoms. The molecule has 1 amide bonds. The normalized spacial score (nSPS) is 17.7. The number of aryl methyl sites for hydroxylation is 1. The number of thiophene rings is 1. The maximum Gasteiger partial charge on any atom is 0.261 e. The molecule has 29 heavy (non-hydrogen) atoms. The molecule has 1 fully saturated rings. The van der Waals surface area contributed by atoms with Crippen LogP contribution in [0.3, 0.4) is 0 Å². The van der Waals surface area contributed by atoms with Crippen LogP contribution in [0.25, 0.3) is 10.2 Å². The summed E-state index contributed by atoms with van der Waals surface area (Å²) in [5.74, 6) is -0.193. The topological polar surface area (TPSA) is 92.5 Å². The van der Waals surface area contributed by atoms with Gasteiger partial charge in [-0.15, -0.1) is 11.3 Å². The molecule has 4 rings (SSSR count). The number of aromatic nitrogens is 3. The maximum absolute atomic E-state index is 12.7. The molecular formula is C20H25N5O3S. The number of hydrogen-bond donors (Lipinski definition) is 2. The van der Waals surface area contributed by atoms with Crippen LogP contribution < -0.4 is 5.32 Å². The second-order valence-corrected chi connectivity index (χ2v) is 7.98. The van der Waals surface area contributed by atoms with Crippen LogP contribution in [0.5, 0.6) is 0 Å². The molecule has 3 aromatic heterocycles. The van der Waals surface area contributed by atoms with Crippen LogP contribution in [0.4, 0.5) is 0 Å². The van der Waals surface area contributed by atoms with Crippen molar-refractivity contribution in [1.82, 2.24) is 25.0 Å². The van der Waals surface area contributed by atoms with Crippen molar-refractivity contribution in [2.24, 2.45) is 0 Å².